The van der Waals surface area contributed by atoms with E-state index in [1.165, 1.54) is 0 Å². The van der Waals surface area contributed by atoms with E-state index >= 15 is 0 Å². The van der Waals surface area contributed by atoms with Gasteiger partial charge in [0.15, 0.2) is 12.4 Å². The number of aromatic nitrogens is 2. The van der Waals surface area contributed by atoms with Gasteiger partial charge in [0.05, 0.1) is 0 Å². The Balaban J connectivity index is 1.99. The zero-order valence-electron chi connectivity index (χ0n) is 12.2. The van der Waals surface area contributed by atoms with Crippen LogP contribution < -0.4 is 10.1 Å². The van der Waals surface area contributed by atoms with Crippen LogP contribution >= 0.6 is 0 Å². The summed E-state index contributed by atoms with van der Waals surface area (Å²) in [7, 11) is 0. The van der Waals surface area contributed by atoms with E-state index in [0.29, 0.717) is 18.3 Å². The smallest absolute Gasteiger partial charge is 0.264 e. The van der Waals surface area contributed by atoms with Crippen LogP contribution in [0.2, 0.25) is 0 Å². The summed E-state index contributed by atoms with van der Waals surface area (Å²) in [5.41, 5.74) is 1.12. The third-order valence-corrected chi connectivity index (χ3v) is 2.89. The van der Waals surface area contributed by atoms with E-state index in [1.807, 2.05) is 38.1 Å². The Morgan fingerprint density at radius 2 is 2.10 bits per heavy atom. The van der Waals surface area contributed by atoms with Gasteiger partial charge in [0.2, 0.25) is 0 Å². The molecule has 0 bridgehead atoms. The summed E-state index contributed by atoms with van der Waals surface area (Å²) in [6, 6.07) is 7.96. The Morgan fingerprint density at radius 1 is 1.30 bits per heavy atom. The molecule has 0 amide bonds. The molecular formula is C15H21N3O2. The molecule has 1 N–H and O–H groups in total. The number of nitrogens with one attached hydrogen (secondary N) is 1. The molecular weight excluding hydrogens is 254 g/mol. The zero-order valence-corrected chi connectivity index (χ0v) is 12.2. The summed E-state index contributed by atoms with van der Waals surface area (Å²) < 4.78 is 10.9. The number of hydrogen-bond acceptors (Lipinski definition) is 5. The van der Waals surface area contributed by atoms with Crippen molar-refractivity contribution < 1.29 is 9.26 Å². The second-order valence-electron chi connectivity index (χ2n) is 4.88. The minimum Gasteiger partial charge on any atom is -0.483 e. The highest BCUT2D eigenvalue weighted by atomic mass is 16.5. The summed E-state index contributed by atoms with van der Waals surface area (Å²) in [6.45, 7) is 8.14. The molecule has 0 saturated carbocycles. The van der Waals surface area contributed by atoms with E-state index < -0.39 is 0 Å². The van der Waals surface area contributed by atoms with Crippen molar-refractivity contribution in [3.05, 3.63) is 41.5 Å². The molecule has 1 heterocycles. The minimum absolute atomic E-state index is 0.258. The van der Waals surface area contributed by atoms with Gasteiger partial charge in [0.1, 0.15) is 5.75 Å². The van der Waals surface area contributed by atoms with E-state index in [-0.39, 0.29) is 5.92 Å². The van der Waals surface area contributed by atoms with Crippen molar-refractivity contribution in [2.24, 2.45) is 0 Å². The lowest BCUT2D eigenvalue weighted by Crippen LogP contribution is -2.12. The lowest BCUT2D eigenvalue weighted by atomic mass is 10.2. The Kier molecular flexibility index (Phi) is 5.12. The highest BCUT2D eigenvalue weighted by Gasteiger charge is 2.11. The second-order valence-corrected chi connectivity index (χ2v) is 4.88. The summed E-state index contributed by atoms with van der Waals surface area (Å²) in [4.78, 5) is 4.30. The SMILES string of the molecule is CCNCc1ccccc1OCc1nc(C(C)C)no1. The summed E-state index contributed by atoms with van der Waals surface area (Å²) in [5.74, 6) is 2.32. The Bertz CT molecular complexity index is 537. The number of nitrogens with zero attached hydrogens (tertiary/aromatic N) is 2. The highest BCUT2D eigenvalue weighted by molar-refractivity contribution is 5.33. The number of ether oxygens (including phenoxy) is 1. The molecule has 0 radical (unpaired) electrons. The van der Waals surface area contributed by atoms with Gasteiger partial charge in [-0.05, 0) is 12.6 Å². The van der Waals surface area contributed by atoms with E-state index in [1.54, 1.807) is 0 Å². The third-order valence-electron chi connectivity index (χ3n) is 2.89. The van der Waals surface area contributed by atoms with E-state index in [2.05, 4.69) is 22.4 Å². The molecule has 20 heavy (non-hydrogen) atoms. The van der Waals surface area contributed by atoms with Gasteiger partial charge in [-0.15, -0.1) is 0 Å². The molecule has 2 rings (SSSR count). The summed E-state index contributed by atoms with van der Waals surface area (Å²) >= 11 is 0. The molecule has 0 spiro atoms. The van der Waals surface area contributed by atoms with Gasteiger partial charge < -0.3 is 14.6 Å². The first-order valence-corrected chi connectivity index (χ1v) is 6.94. The molecule has 1 aromatic heterocycles. The topological polar surface area (TPSA) is 60.2 Å². The van der Waals surface area contributed by atoms with Crippen molar-refractivity contribution >= 4 is 0 Å². The fraction of sp³-hybridized carbons (Fsp3) is 0.467. The van der Waals surface area contributed by atoms with Crippen LogP contribution in [0.1, 0.15) is 44.0 Å². The van der Waals surface area contributed by atoms with E-state index in [4.69, 9.17) is 9.26 Å². The monoisotopic (exact) mass is 275 g/mol. The van der Waals surface area contributed by atoms with Crippen LogP contribution in [0.15, 0.2) is 28.8 Å². The number of hydrogen-bond donors (Lipinski definition) is 1. The van der Waals surface area contributed by atoms with Crippen molar-refractivity contribution in [2.45, 2.75) is 39.8 Å². The van der Waals surface area contributed by atoms with Gasteiger partial charge in [-0.1, -0.05) is 44.1 Å². The molecule has 0 aliphatic carbocycles. The fourth-order valence-electron chi connectivity index (χ4n) is 1.75. The van der Waals surface area contributed by atoms with Gasteiger partial charge in [-0.25, -0.2) is 0 Å². The maximum absolute atomic E-state index is 5.78. The van der Waals surface area contributed by atoms with Crippen LogP contribution in [0.5, 0.6) is 5.75 Å². The third kappa shape index (κ3) is 3.81. The van der Waals surface area contributed by atoms with Gasteiger partial charge in [-0.2, -0.15) is 4.98 Å². The van der Waals surface area contributed by atoms with Gasteiger partial charge >= 0.3 is 0 Å². The molecule has 1 aromatic carbocycles. The normalized spacial score (nSPS) is 11.0. The molecule has 0 fully saturated rings. The molecule has 0 saturated heterocycles. The zero-order chi connectivity index (χ0) is 14.4. The fourth-order valence-corrected chi connectivity index (χ4v) is 1.75. The first kappa shape index (κ1) is 14.5. The van der Waals surface area contributed by atoms with Crippen LogP contribution in [0.3, 0.4) is 0 Å². The molecule has 108 valence electrons. The maximum atomic E-state index is 5.78. The molecule has 2 aromatic rings. The molecule has 0 unspecified atom stereocenters. The van der Waals surface area contributed by atoms with Crippen molar-refractivity contribution in [2.75, 3.05) is 6.54 Å². The molecule has 0 atom stereocenters. The van der Waals surface area contributed by atoms with Crippen LogP contribution in [0.25, 0.3) is 0 Å². The summed E-state index contributed by atoms with van der Waals surface area (Å²) in [5, 5.41) is 7.21. The van der Waals surface area contributed by atoms with Crippen molar-refractivity contribution in [1.29, 1.82) is 0 Å². The summed E-state index contributed by atoms with van der Waals surface area (Å²) in [6.07, 6.45) is 0. The predicted molar refractivity (Wildman–Crippen MR) is 76.5 cm³/mol. The van der Waals surface area contributed by atoms with E-state index in [9.17, 15) is 0 Å². The minimum atomic E-state index is 0.258. The lowest BCUT2D eigenvalue weighted by Gasteiger charge is -2.10. The standard InChI is InChI=1S/C15H21N3O2/c1-4-16-9-12-7-5-6-8-13(12)19-10-14-17-15(11(2)3)18-20-14/h5-8,11,16H,4,9-10H2,1-3H3. The molecule has 0 aliphatic rings. The Hall–Kier alpha value is -1.88. The first-order valence-electron chi connectivity index (χ1n) is 6.94. The van der Waals surface area contributed by atoms with Crippen LogP contribution in [0, 0.1) is 0 Å². The lowest BCUT2D eigenvalue weighted by molar-refractivity contribution is 0.240. The van der Waals surface area contributed by atoms with E-state index in [0.717, 1.165) is 24.4 Å². The van der Waals surface area contributed by atoms with Crippen LogP contribution in [0.4, 0.5) is 0 Å². The van der Waals surface area contributed by atoms with Crippen LogP contribution in [-0.4, -0.2) is 16.7 Å². The van der Waals surface area contributed by atoms with Crippen molar-refractivity contribution in [3.8, 4) is 5.75 Å². The largest absolute Gasteiger partial charge is 0.483 e. The van der Waals surface area contributed by atoms with Crippen molar-refractivity contribution in [3.63, 3.8) is 0 Å². The van der Waals surface area contributed by atoms with Gasteiger partial charge in [-0.3, -0.25) is 0 Å². The maximum Gasteiger partial charge on any atom is 0.264 e. The first-order chi connectivity index (χ1) is 9.70. The molecule has 5 nitrogen and oxygen atoms in total. The predicted octanol–water partition coefficient (Wildman–Crippen LogP) is 2.88. The van der Waals surface area contributed by atoms with Crippen LogP contribution in [-0.2, 0) is 13.2 Å². The quantitative estimate of drug-likeness (QED) is 0.842. The number of para-hydroxylation sites is 1. The second kappa shape index (κ2) is 7.05. The van der Waals surface area contributed by atoms with Gasteiger partial charge in [0, 0.05) is 18.0 Å². The number of rotatable bonds is 7. The Morgan fingerprint density at radius 3 is 2.80 bits per heavy atom. The average Bonchev–Trinajstić information content (AvgIpc) is 2.93. The highest BCUT2D eigenvalue weighted by Crippen LogP contribution is 2.19. The number of benzene rings is 1. The molecule has 0 aliphatic heterocycles. The van der Waals surface area contributed by atoms with Gasteiger partial charge in [0.25, 0.3) is 5.89 Å². The average molecular weight is 275 g/mol. The molecule has 5 heteroatoms. The van der Waals surface area contributed by atoms with Crippen molar-refractivity contribution in [1.82, 2.24) is 15.5 Å². The Labute approximate surface area is 119 Å².